The summed E-state index contributed by atoms with van der Waals surface area (Å²) in [6.45, 7) is 0.146. The topological polar surface area (TPSA) is 58.2 Å². The molecule has 0 atom stereocenters. The molecule has 0 saturated heterocycles. The number of rotatable bonds is 20. The quantitative estimate of drug-likeness (QED) is 0.143. The Morgan fingerprint density at radius 3 is 0.758 bits per heavy atom. The number of carbonyl (C=O) groups is 2. The molecule has 0 aliphatic rings. The molecular weight excluding hydrogens is 450 g/mol. The van der Waals surface area contributed by atoms with Crippen molar-refractivity contribution in [1.82, 2.24) is 10.6 Å². The van der Waals surface area contributed by atoms with Gasteiger partial charge in [0.1, 0.15) is 0 Å². The van der Waals surface area contributed by atoms with Crippen LogP contribution >= 0.6 is 0 Å². The van der Waals surface area contributed by atoms with Gasteiger partial charge < -0.3 is 10.6 Å². The molecule has 196 valence electrons. The average Bonchev–Trinajstić information content (AvgIpc) is 2.73. The van der Waals surface area contributed by atoms with Gasteiger partial charge in [0, 0.05) is 13.1 Å². The predicted octanol–water partition coefficient (Wildman–Crippen LogP) is 6.98. The molecule has 0 heterocycles. The summed E-state index contributed by atoms with van der Waals surface area (Å²) in [5.41, 5.74) is 0. The molecule has 4 nitrogen and oxygen atoms in total. The van der Waals surface area contributed by atoms with E-state index in [9.17, 15) is 35.9 Å². The maximum Gasteiger partial charge on any atom is 0.471 e. The fourth-order valence-corrected chi connectivity index (χ4v) is 3.51. The fraction of sp³-hybridized carbons (Fsp3) is 0.913. The fourth-order valence-electron chi connectivity index (χ4n) is 3.51. The Kier molecular flexibility index (Phi) is 18.0. The number of hydrogen-bond acceptors (Lipinski definition) is 2. The van der Waals surface area contributed by atoms with E-state index in [4.69, 9.17) is 0 Å². The first kappa shape index (κ1) is 31.5. The van der Waals surface area contributed by atoms with Gasteiger partial charge in [0.2, 0.25) is 0 Å². The van der Waals surface area contributed by atoms with Gasteiger partial charge in [-0.15, -0.1) is 0 Å². The molecule has 0 radical (unpaired) electrons. The van der Waals surface area contributed by atoms with Gasteiger partial charge in [-0.3, -0.25) is 9.59 Å². The van der Waals surface area contributed by atoms with Crippen LogP contribution in [-0.2, 0) is 9.59 Å². The van der Waals surface area contributed by atoms with Crippen LogP contribution in [0.5, 0.6) is 0 Å². The van der Waals surface area contributed by atoms with Crippen LogP contribution in [0.2, 0.25) is 0 Å². The lowest BCUT2D eigenvalue weighted by Crippen LogP contribution is -2.37. The maximum absolute atomic E-state index is 12.0. The van der Waals surface area contributed by atoms with E-state index >= 15 is 0 Å². The highest BCUT2D eigenvalue weighted by Crippen LogP contribution is 2.16. The number of amides is 2. The number of alkyl halides is 6. The van der Waals surface area contributed by atoms with Crippen molar-refractivity contribution in [3.05, 3.63) is 0 Å². The van der Waals surface area contributed by atoms with Gasteiger partial charge in [0.25, 0.3) is 0 Å². The predicted molar refractivity (Wildman–Crippen MR) is 117 cm³/mol. The zero-order chi connectivity index (χ0) is 25.0. The van der Waals surface area contributed by atoms with Crippen molar-refractivity contribution in [2.45, 2.75) is 122 Å². The number of carbonyl (C=O) groups excluding carboxylic acids is 2. The molecule has 2 amide bonds. The lowest BCUT2D eigenvalue weighted by atomic mass is 10.0. The molecular formula is C23H40F6N2O2. The molecule has 0 unspecified atom stereocenters. The van der Waals surface area contributed by atoms with Gasteiger partial charge in [-0.2, -0.15) is 26.3 Å². The van der Waals surface area contributed by atoms with Gasteiger partial charge in [-0.25, -0.2) is 0 Å². The van der Waals surface area contributed by atoms with Crippen LogP contribution in [0.3, 0.4) is 0 Å². The van der Waals surface area contributed by atoms with Crippen molar-refractivity contribution in [3.63, 3.8) is 0 Å². The van der Waals surface area contributed by atoms with E-state index in [0.29, 0.717) is 12.8 Å². The maximum atomic E-state index is 12.0. The second-order valence-corrected chi connectivity index (χ2v) is 8.52. The minimum atomic E-state index is -4.80. The normalized spacial score (nSPS) is 12.1. The second kappa shape index (κ2) is 18.9. The first-order chi connectivity index (χ1) is 15.5. The molecule has 0 rings (SSSR count). The zero-order valence-electron chi connectivity index (χ0n) is 19.5. The Morgan fingerprint density at radius 2 is 0.576 bits per heavy atom. The Labute approximate surface area is 193 Å². The summed E-state index contributed by atoms with van der Waals surface area (Å²) in [7, 11) is 0. The number of nitrogens with one attached hydrogen (secondary N) is 2. The highest BCUT2D eigenvalue weighted by atomic mass is 19.4. The number of hydrogen-bond donors (Lipinski definition) is 2. The van der Waals surface area contributed by atoms with Crippen molar-refractivity contribution in [2.75, 3.05) is 13.1 Å². The molecule has 2 N–H and O–H groups in total. The van der Waals surface area contributed by atoms with Crippen LogP contribution in [0.1, 0.15) is 109 Å². The van der Waals surface area contributed by atoms with Gasteiger partial charge in [-0.05, 0) is 12.8 Å². The summed E-state index contributed by atoms with van der Waals surface area (Å²) in [6.07, 6.45) is 7.97. The van der Waals surface area contributed by atoms with Crippen LogP contribution < -0.4 is 10.6 Å². The smallest absolute Gasteiger partial charge is 0.348 e. The van der Waals surface area contributed by atoms with Crippen LogP contribution in [-0.4, -0.2) is 37.3 Å². The molecule has 33 heavy (non-hydrogen) atoms. The van der Waals surface area contributed by atoms with E-state index in [-0.39, 0.29) is 13.1 Å². The summed E-state index contributed by atoms with van der Waals surface area (Å²) in [5.74, 6) is -3.73. The molecule has 0 saturated carbocycles. The summed E-state index contributed by atoms with van der Waals surface area (Å²) in [5, 5.41) is 3.76. The average molecular weight is 491 g/mol. The minimum Gasteiger partial charge on any atom is -0.348 e. The van der Waals surface area contributed by atoms with E-state index in [2.05, 4.69) is 0 Å². The lowest BCUT2D eigenvalue weighted by Gasteiger charge is -2.07. The second-order valence-electron chi connectivity index (χ2n) is 8.52. The third kappa shape index (κ3) is 20.8. The van der Waals surface area contributed by atoms with Gasteiger partial charge in [-0.1, -0.05) is 96.3 Å². The highest BCUT2D eigenvalue weighted by molar-refractivity contribution is 5.81. The van der Waals surface area contributed by atoms with Crippen LogP contribution in [0, 0.1) is 0 Å². The highest BCUT2D eigenvalue weighted by Gasteiger charge is 2.38. The molecule has 0 aromatic rings. The third-order valence-corrected chi connectivity index (χ3v) is 5.44. The van der Waals surface area contributed by atoms with Crippen molar-refractivity contribution < 1.29 is 35.9 Å². The van der Waals surface area contributed by atoms with E-state index in [1.165, 1.54) is 44.9 Å². The van der Waals surface area contributed by atoms with Crippen molar-refractivity contribution in [1.29, 1.82) is 0 Å². The van der Waals surface area contributed by atoms with Crippen LogP contribution in [0.15, 0.2) is 0 Å². The summed E-state index contributed by atoms with van der Waals surface area (Å²) in [4.78, 5) is 21.2. The first-order valence-electron chi connectivity index (χ1n) is 12.2. The molecule has 0 aliphatic heterocycles. The molecule has 0 fully saturated rings. The molecule has 0 aromatic carbocycles. The van der Waals surface area contributed by atoms with Gasteiger partial charge >= 0.3 is 24.2 Å². The summed E-state index contributed by atoms with van der Waals surface area (Å²) < 4.78 is 71.9. The van der Waals surface area contributed by atoms with Gasteiger partial charge in [0.05, 0.1) is 0 Å². The molecule has 10 heteroatoms. The van der Waals surface area contributed by atoms with Crippen molar-refractivity contribution in [2.24, 2.45) is 0 Å². The van der Waals surface area contributed by atoms with Gasteiger partial charge in [0.15, 0.2) is 0 Å². The Balaban J connectivity index is 3.19. The Morgan fingerprint density at radius 1 is 0.394 bits per heavy atom. The summed E-state index contributed by atoms with van der Waals surface area (Å²) >= 11 is 0. The zero-order valence-corrected chi connectivity index (χ0v) is 19.5. The largest absolute Gasteiger partial charge is 0.471 e. The number of unbranched alkanes of at least 4 members (excludes halogenated alkanes) is 16. The van der Waals surface area contributed by atoms with E-state index in [1.54, 1.807) is 0 Å². The Bertz CT molecular complexity index is 466. The van der Waals surface area contributed by atoms with E-state index in [0.717, 1.165) is 51.4 Å². The molecule has 0 bridgehead atoms. The number of halogens is 6. The summed E-state index contributed by atoms with van der Waals surface area (Å²) in [6, 6.07) is 0. The van der Waals surface area contributed by atoms with Crippen molar-refractivity contribution >= 4 is 11.8 Å². The van der Waals surface area contributed by atoms with E-state index in [1.807, 2.05) is 10.6 Å². The van der Waals surface area contributed by atoms with Crippen LogP contribution in [0.4, 0.5) is 26.3 Å². The third-order valence-electron chi connectivity index (χ3n) is 5.44. The molecule has 0 aliphatic carbocycles. The lowest BCUT2D eigenvalue weighted by molar-refractivity contribution is -0.173. The molecule has 0 aromatic heterocycles. The standard InChI is InChI=1S/C23H40F6N2O2/c24-22(25,26)20(32)30-18-16-14-12-10-8-6-4-2-1-3-5-7-9-11-13-15-17-19-31-21(33)23(27,28)29/h1-19H2,(H,30,32)(H,31,33). The van der Waals surface area contributed by atoms with E-state index < -0.39 is 24.2 Å². The van der Waals surface area contributed by atoms with Crippen molar-refractivity contribution in [3.8, 4) is 0 Å². The molecule has 0 spiro atoms. The Hall–Kier alpha value is -1.48. The first-order valence-corrected chi connectivity index (χ1v) is 12.2. The SMILES string of the molecule is O=C(NCCCCCCCCCCCCCCCCCCCNC(=O)C(F)(F)F)C(F)(F)F. The van der Waals surface area contributed by atoms with Crippen LogP contribution in [0.25, 0.3) is 0 Å². The minimum absolute atomic E-state index is 0.0728. The monoisotopic (exact) mass is 490 g/mol.